The minimum Gasteiger partial charge on any atom is -0.493 e. The molecule has 1 aromatic heterocycles. The van der Waals surface area contributed by atoms with E-state index in [1.54, 1.807) is 14.2 Å². The quantitative estimate of drug-likeness (QED) is 0.832. The average Bonchev–Trinajstić information content (AvgIpc) is 2.81. The van der Waals surface area contributed by atoms with Crippen LogP contribution in [0.4, 0.5) is 0 Å². The summed E-state index contributed by atoms with van der Waals surface area (Å²) in [5, 5.41) is 0. The van der Waals surface area contributed by atoms with Crippen molar-refractivity contribution in [2.75, 3.05) is 14.2 Å². The molecule has 0 radical (unpaired) electrons. The maximum absolute atomic E-state index is 5.35. The molecular weight excluding hydrogens is 190 g/mol. The second kappa shape index (κ2) is 4.09. The fourth-order valence-electron chi connectivity index (χ4n) is 1.60. The molecule has 0 fully saturated rings. The van der Waals surface area contributed by atoms with Crippen molar-refractivity contribution >= 4 is 0 Å². The zero-order chi connectivity index (χ0) is 10.7. The normalized spacial score (nSPS) is 10.0. The Hall–Kier alpha value is -1.90. The maximum Gasteiger partial charge on any atom is 0.170 e. The summed E-state index contributed by atoms with van der Waals surface area (Å²) in [5.74, 6) is 1.49. The van der Waals surface area contributed by atoms with Crippen LogP contribution in [0, 0.1) is 0 Å². The van der Waals surface area contributed by atoms with Crippen LogP contribution in [0.25, 0.3) is 11.3 Å². The number of hydrogen-bond acceptors (Lipinski definition) is 2. The topological polar surface area (TPSA) is 34.2 Å². The summed E-state index contributed by atoms with van der Waals surface area (Å²) in [6.07, 6.45) is 1.88. The van der Waals surface area contributed by atoms with Gasteiger partial charge >= 0.3 is 0 Å². The highest BCUT2D eigenvalue weighted by Crippen LogP contribution is 2.36. The molecule has 3 nitrogen and oxygen atoms in total. The number of methoxy groups -OCH3 is 2. The van der Waals surface area contributed by atoms with Gasteiger partial charge < -0.3 is 14.5 Å². The second-order valence-electron chi connectivity index (χ2n) is 3.12. The van der Waals surface area contributed by atoms with Gasteiger partial charge in [-0.1, -0.05) is 6.07 Å². The summed E-state index contributed by atoms with van der Waals surface area (Å²) in [7, 11) is 3.28. The van der Waals surface area contributed by atoms with Crippen LogP contribution in [0.15, 0.2) is 36.5 Å². The fourth-order valence-corrected chi connectivity index (χ4v) is 1.60. The Balaban J connectivity index is 2.56. The zero-order valence-electron chi connectivity index (χ0n) is 8.78. The van der Waals surface area contributed by atoms with Crippen molar-refractivity contribution in [2.24, 2.45) is 0 Å². The lowest BCUT2D eigenvalue weighted by molar-refractivity contribution is 0.356. The minimum atomic E-state index is 0.740. The van der Waals surface area contributed by atoms with E-state index in [0.29, 0.717) is 0 Å². The predicted molar refractivity (Wildman–Crippen MR) is 59.3 cm³/mol. The lowest BCUT2D eigenvalue weighted by atomic mass is 10.1. The molecule has 0 aliphatic rings. The molecule has 0 spiro atoms. The molecule has 0 saturated heterocycles. The third-order valence-electron chi connectivity index (χ3n) is 2.29. The molecule has 0 bridgehead atoms. The Morgan fingerprint density at radius 3 is 2.47 bits per heavy atom. The zero-order valence-corrected chi connectivity index (χ0v) is 8.78. The molecule has 2 rings (SSSR count). The number of para-hydroxylation sites is 1. The second-order valence-corrected chi connectivity index (χ2v) is 3.12. The van der Waals surface area contributed by atoms with Crippen LogP contribution < -0.4 is 9.47 Å². The smallest absolute Gasteiger partial charge is 0.170 e. The van der Waals surface area contributed by atoms with E-state index in [1.807, 2.05) is 36.5 Å². The van der Waals surface area contributed by atoms with E-state index >= 15 is 0 Å². The van der Waals surface area contributed by atoms with Crippen molar-refractivity contribution in [3.05, 3.63) is 36.5 Å². The molecule has 1 aromatic carbocycles. The Kier molecular flexibility index (Phi) is 2.63. The predicted octanol–water partition coefficient (Wildman–Crippen LogP) is 2.70. The van der Waals surface area contributed by atoms with Crippen LogP contribution in [0.2, 0.25) is 0 Å². The lowest BCUT2D eigenvalue weighted by Crippen LogP contribution is -1.92. The number of H-pyrrole nitrogens is 1. The summed E-state index contributed by atoms with van der Waals surface area (Å²) in [5.41, 5.74) is 2.02. The highest BCUT2D eigenvalue weighted by Gasteiger charge is 2.10. The Morgan fingerprint density at radius 1 is 1.00 bits per heavy atom. The molecule has 3 heteroatoms. The summed E-state index contributed by atoms with van der Waals surface area (Å²) in [6.45, 7) is 0. The summed E-state index contributed by atoms with van der Waals surface area (Å²) < 4.78 is 10.6. The van der Waals surface area contributed by atoms with Gasteiger partial charge in [-0.2, -0.15) is 0 Å². The van der Waals surface area contributed by atoms with Gasteiger partial charge in [0.05, 0.1) is 14.2 Å². The van der Waals surface area contributed by atoms with E-state index in [4.69, 9.17) is 9.47 Å². The largest absolute Gasteiger partial charge is 0.493 e. The standard InChI is InChI=1S/C12H13NO2/c1-14-11-7-3-5-9(12(11)15-2)10-6-4-8-13-10/h3-8,13H,1-2H3. The molecule has 1 heterocycles. The maximum atomic E-state index is 5.35. The van der Waals surface area contributed by atoms with Crippen LogP contribution in [0.3, 0.4) is 0 Å². The Labute approximate surface area is 88.7 Å². The van der Waals surface area contributed by atoms with Crippen LogP contribution in [-0.4, -0.2) is 19.2 Å². The number of aromatic nitrogens is 1. The van der Waals surface area contributed by atoms with Crippen molar-refractivity contribution in [2.45, 2.75) is 0 Å². The van der Waals surface area contributed by atoms with Gasteiger partial charge in [0.1, 0.15) is 0 Å². The van der Waals surface area contributed by atoms with Gasteiger partial charge in [-0.3, -0.25) is 0 Å². The van der Waals surface area contributed by atoms with Gasteiger partial charge in [-0.25, -0.2) is 0 Å². The van der Waals surface area contributed by atoms with E-state index in [1.165, 1.54) is 0 Å². The van der Waals surface area contributed by atoms with Crippen LogP contribution >= 0.6 is 0 Å². The number of aromatic amines is 1. The number of nitrogens with one attached hydrogen (secondary N) is 1. The summed E-state index contributed by atoms with van der Waals surface area (Å²) >= 11 is 0. The van der Waals surface area contributed by atoms with Gasteiger partial charge in [0.15, 0.2) is 11.5 Å². The number of rotatable bonds is 3. The Bertz CT molecular complexity index is 435. The van der Waals surface area contributed by atoms with Crippen LogP contribution in [-0.2, 0) is 0 Å². The lowest BCUT2D eigenvalue weighted by Gasteiger charge is -2.11. The molecule has 0 unspecified atom stereocenters. The fraction of sp³-hybridized carbons (Fsp3) is 0.167. The molecule has 78 valence electrons. The number of hydrogen-bond donors (Lipinski definition) is 1. The van der Waals surface area contributed by atoms with Gasteiger partial charge in [0.2, 0.25) is 0 Å². The van der Waals surface area contributed by atoms with Crippen molar-refractivity contribution in [1.82, 2.24) is 4.98 Å². The molecule has 0 atom stereocenters. The van der Waals surface area contributed by atoms with Crippen molar-refractivity contribution < 1.29 is 9.47 Å². The van der Waals surface area contributed by atoms with E-state index < -0.39 is 0 Å². The molecule has 2 aromatic rings. The van der Waals surface area contributed by atoms with E-state index in [2.05, 4.69) is 4.98 Å². The van der Waals surface area contributed by atoms with Crippen LogP contribution in [0.5, 0.6) is 11.5 Å². The molecule has 1 N–H and O–H groups in total. The van der Waals surface area contributed by atoms with Crippen LogP contribution in [0.1, 0.15) is 0 Å². The van der Waals surface area contributed by atoms with Crippen molar-refractivity contribution in [3.8, 4) is 22.8 Å². The molecule has 15 heavy (non-hydrogen) atoms. The van der Waals surface area contributed by atoms with Gasteiger partial charge in [-0.15, -0.1) is 0 Å². The number of ether oxygens (including phenoxy) is 2. The first-order valence-electron chi connectivity index (χ1n) is 4.71. The highest BCUT2D eigenvalue weighted by molar-refractivity contribution is 5.71. The van der Waals surface area contributed by atoms with Gasteiger partial charge in [0, 0.05) is 17.5 Å². The molecule has 0 aliphatic heterocycles. The average molecular weight is 203 g/mol. The van der Waals surface area contributed by atoms with Crippen molar-refractivity contribution in [3.63, 3.8) is 0 Å². The SMILES string of the molecule is COc1cccc(-c2ccc[nH]2)c1OC. The molecule has 0 aliphatic carbocycles. The highest BCUT2D eigenvalue weighted by atomic mass is 16.5. The first kappa shape index (κ1) is 9.65. The minimum absolute atomic E-state index is 0.740. The third-order valence-corrected chi connectivity index (χ3v) is 2.29. The first-order valence-corrected chi connectivity index (χ1v) is 4.71. The first-order chi connectivity index (χ1) is 7.36. The Morgan fingerprint density at radius 2 is 1.87 bits per heavy atom. The van der Waals surface area contributed by atoms with E-state index in [9.17, 15) is 0 Å². The van der Waals surface area contributed by atoms with E-state index in [0.717, 1.165) is 22.8 Å². The van der Waals surface area contributed by atoms with Gasteiger partial charge in [0.25, 0.3) is 0 Å². The summed E-state index contributed by atoms with van der Waals surface area (Å²) in [4.78, 5) is 3.14. The monoisotopic (exact) mass is 203 g/mol. The number of benzene rings is 1. The third kappa shape index (κ3) is 1.68. The van der Waals surface area contributed by atoms with E-state index in [-0.39, 0.29) is 0 Å². The van der Waals surface area contributed by atoms with Gasteiger partial charge in [-0.05, 0) is 24.3 Å². The van der Waals surface area contributed by atoms with Crippen molar-refractivity contribution in [1.29, 1.82) is 0 Å². The molecular formula is C12H13NO2. The molecule has 0 saturated carbocycles. The summed E-state index contributed by atoms with van der Waals surface area (Å²) in [6, 6.07) is 9.77. The molecule has 0 amide bonds.